The summed E-state index contributed by atoms with van der Waals surface area (Å²) in [6.45, 7) is 1.99. The molecule has 8 nitrogen and oxygen atoms in total. The fourth-order valence-corrected chi connectivity index (χ4v) is 6.83. The number of benzene rings is 2. The van der Waals surface area contributed by atoms with Gasteiger partial charge in [-0.05, 0) is 46.6 Å². The minimum Gasteiger partial charge on any atom is -0.477 e. The molecule has 0 unspecified atom stereocenters. The van der Waals surface area contributed by atoms with Gasteiger partial charge in [-0.25, -0.2) is 9.59 Å². The van der Waals surface area contributed by atoms with E-state index in [2.05, 4.69) is 21.2 Å². The zero-order valence-electron chi connectivity index (χ0n) is 18.5. The Hall–Kier alpha value is -2.76. The van der Waals surface area contributed by atoms with Gasteiger partial charge in [0.25, 0.3) is 5.91 Å². The molecule has 0 radical (unpaired) electrons. The molecule has 2 aliphatic rings. The second kappa shape index (κ2) is 10.9. The minimum absolute atomic E-state index is 0.0846. The molecule has 2 aliphatic heterocycles. The van der Waals surface area contributed by atoms with Crippen LogP contribution in [0.15, 0.2) is 68.5 Å². The quantitative estimate of drug-likeness (QED) is 0.361. The van der Waals surface area contributed by atoms with Crippen LogP contribution in [0.5, 0.6) is 0 Å². The molecule has 2 aromatic rings. The Balaban J connectivity index is 1.49. The first kappa shape index (κ1) is 25.3. The van der Waals surface area contributed by atoms with Crippen LogP contribution in [0.4, 0.5) is 0 Å². The van der Waals surface area contributed by atoms with Gasteiger partial charge < -0.3 is 15.2 Å². The van der Waals surface area contributed by atoms with E-state index in [4.69, 9.17) is 4.74 Å². The van der Waals surface area contributed by atoms with Crippen LogP contribution >= 0.6 is 39.5 Å². The van der Waals surface area contributed by atoms with Crippen molar-refractivity contribution in [2.45, 2.75) is 29.7 Å². The van der Waals surface area contributed by atoms with E-state index >= 15 is 0 Å². The molecule has 11 heteroatoms. The van der Waals surface area contributed by atoms with Gasteiger partial charge in [0, 0.05) is 20.0 Å². The summed E-state index contributed by atoms with van der Waals surface area (Å²) in [4.78, 5) is 51.9. The van der Waals surface area contributed by atoms with E-state index in [0.29, 0.717) is 25.6 Å². The number of ether oxygens (including phenoxy) is 1. The van der Waals surface area contributed by atoms with Crippen molar-refractivity contribution in [3.8, 4) is 0 Å². The third-order valence-electron chi connectivity index (χ3n) is 5.34. The maximum Gasteiger partial charge on any atom is 0.353 e. The number of hydrogen-bond donors (Lipinski definition) is 2. The van der Waals surface area contributed by atoms with Gasteiger partial charge >= 0.3 is 11.9 Å². The number of carboxylic acids is 1. The molecule has 0 aromatic heterocycles. The molecule has 182 valence electrons. The van der Waals surface area contributed by atoms with Crippen molar-refractivity contribution in [3.63, 3.8) is 0 Å². The molecule has 2 atom stereocenters. The summed E-state index contributed by atoms with van der Waals surface area (Å²) in [7, 11) is 0. The van der Waals surface area contributed by atoms with Gasteiger partial charge in [0.05, 0.1) is 18.6 Å². The third-order valence-corrected chi connectivity index (χ3v) is 8.88. The van der Waals surface area contributed by atoms with E-state index < -0.39 is 29.3 Å². The number of β-lactam (4-membered cyclic amide) rings is 1. The molecule has 2 aromatic carbocycles. The summed E-state index contributed by atoms with van der Waals surface area (Å²) in [5.41, 5.74) is 1.12. The Bertz CT molecular complexity index is 1220. The number of nitrogens with zero attached hydrogens (tertiary/aromatic N) is 1. The van der Waals surface area contributed by atoms with Crippen molar-refractivity contribution in [1.82, 2.24) is 10.2 Å². The summed E-state index contributed by atoms with van der Waals surface area (Å²) in [5, 5.41) is 12.2. The van der Waals surface area contributed by atoms with Crippen LogP contribution in [0.3, 0.4) is 0 Å². The molecular weight excluding hydrogens is 556 g/mol. The molecule has 0 spiro atoms. The number of carbonyl (C=O) groups is 4. The van der Waals surface area contributed by atoms with Crippen molar-refractivity contribution in [1.29, 1.82) is 0 Å². The summed E-state index contributed by atoms with van der Waals surface area (Å²) >= 11 is 6.05. The van der Waals surface area contributed by atoms with E-state index in [1.165, 1.54) is 28.4 Å². The second-order valence-corrected chi connectivity index (χ2v) is 10.8. The summed E-state index contributed by atoms with van der Waals surface area (Å²) in [5.74, 6) is -2.03. The Morgan fingerprint density at radius 2 is 1.97 bits per heavy atom. The van der Waals surface area contributed by atoms with E-state index in [9.17, 15) is 24.3 Å². The van der Waals surface area contributed by atoms with Crippen molar-refractivity contribution in [2.75, 3.05) is 12.4 Å². The average molecular weight is 577 g/mol. The lowest BCUT2D eigenvalue weighted by atomic mass is 10.0. The zero-order chi connectivity index (χ0) is 25.1. The first-order valence-corrected chi connectivity index (χ1v) is 13.3. The minimum atomic E-state index is -1.21. The lowest BCUT2D eigenvalue weighted by Crippen LogP contribution is -2.70. The van der Waals surface area contributed by atoms with Gasteiger partial charge in [-0.3, -0.25) is 14.5 Å². The molecule has 2 heterocycles. The number of fused-ring (bicyclic) bond motifs is 1. The standard InChI is InChI=1S/C24H21BrN2O6S2/c1-2-33-24(32)14-8-9-16(15(25)11-14)35-17-12-34-22-19(21(29)27(22)20(17)23(30)31)26-18(28)10-13-6-4-3-5-7-13/h3-9,11,19,22H,2,10,12H2,1H3,(H,26,28)(H,30,31)/t19-,22+/m1/s1. The Morgan fingerprint density at radius 3 is 2.63 bits per heavy atom. The second-order valence-electron chi connectivity index (χ2n) is 7.66. The molecular formula is C24H21BrN2O6S2. The number of carboxylic acid groups (broad SMARTS) is 1. The third kappa shape index (κ3) is 5.41. The summed E-state index contributed by atoms with van der Waals surface area (Å²) in [6.07, 6.45) is 0.139. The predicted molar refractivity (Wildman–Crippen MR) is 136 cm³/mol. The van der Waals surface area contributed by atoms with Crippen molar-refractivity contribution in [2.24, 2.45) is 0 Å². The van der Waals surface area contributed by atoms with Crippen LogP contribution < -0.4 is 5.32 Å². The SMILES string of the molecule is CCOC(=O)c1ccc(SC2=C(C(=O)O)N3C(=O)[C@@H](NC(=O)Cc4ccccc4)[C@@H]3SC2)c(Br)c1. The number of nitrogens with one attached hydrogen (secondary N) is 1. The molecule has 2 N–H and O–H groups in total. The highest BCUT2D eigenvalue weighted by molar-refractivity contribution is 9.10. The van der Waals surface area contributed by atoms with Crippen molar-refractivity contribution < 1.29 is 29.0 Å². The van der Waals surface area contributed by atoms with Gasteiger partial charge in [-0.15, -0.1) is 11.8 Å². The largest absolute Gasteiger partial charge is 0.477 e. The highest BCUT2D eigenvalue weighted by Crippen LogP contribution is 2.46. The number of aliphatic carboxylic acids is 1. The number of hydrogen-bond acceptors (Lipinski definition) is 7. The Labute approximate surface area is 218 Å². The average Bonchev–Trinajstić information content (AvgIpc) is 2.84. The van der Waals surface area contributed by atoms with Crippen molar-refractivity contribution >= 4 is 63.2 Å². The van der Waals surface area contributed by atoms with Crippen LogP contribution in [-0.2, 0) is 25.5 Å². The predicted octanol–water partition coefficient (Wildman–Crippen LogP) is 3.66. The molecule has 0 bridgehead atoms. The van der Waals surface area contributed by atoms with Crippen molar-refractivity contribution in [3.05, 3.63) is 74.7 Å². The first-order valence-electron chi connectivity index (χ1n) is 10.7. The molecule has 35 heavy (non-hydrogen) atoms. The van der Waals surface area contributed by atoms with Gasteiger partial charge in [0.2, 0.25) is 5.91 Å². The maximum absolute atomic E-state index is 12.9. The van der Waals surface area contributed by atoms with Crippen LogP contribution in [0, 0.1) is 0 Å². The lowest BCUT2D eigenvalue weighted by Gasteiger charge is -2.49. The number of rotatable bonds is 8. The highest BCUT2D eigenvalue weighted by Gasteiger charge is 2.54. The topological polar surface area (TPSA) is 113 Å². The highest BCUT2D eigenvalue weighted by atomic mass is 79.9. The molecule has 0 saturated carbocycles. The normalized spacial score (nSPS) is 19.0. The van der Waals surface area contributed by atoms with Gasteiger partial charge in [-0.2, -0.15) is 0 Å². The first-order chi connectivity index (χ1) is 16.8. The van der Waals surface area contributed by atoms with Gasteiger partial charge in [0.1, 0.15) is 17.1 Å². The molecule has 4 rings (SSSR count). The van der Waals surface area contributed by atoms with E-state index in [-0.39, 0.29) is 24.6 Å². The van der Waals surface area contributed by atoms with Crippen LogP contribution in [-0.4, -0.2) is 57.5 Å². The molecule has 2 amide bonds. The number of carbonyl (C=O) groups excluding carboxylic acids is 3. The number of halogens is 1. The van der Waals surface area contributed by atoms with E-state index in [1.807, 2.05) is 30.3 Å². The fourth-order valence-electron chi connectivity index (χ4n) is 3.73. The zero-order valence-corrected chi connectivity index (χ0v) is 21.7. The monoisotopic (exact) mass is 576 g/mol. The molecule has 1 fully saturated rings. The summed E-state index contributed by atoms with van der Waals surface area (Å²) in [6, 6.07) is 13.3. The van der Waals surface area contributed by atoms with Crippen LogP contribution in [0.25, 0.3) is 0 Å². The maximum atomic E-state index is 12.9. The smallest absolute Gasteiger partial charge is 0.353 e. The van der Waals surface area contributed by atoms with Crippen LogP contribution in [0.2, 0.25) is 0 Å². The van der Waals surface area contributed by atoms with Gasteiger partial charge in [0.15, 0.2) is 0 Å². The van der Waals surface area contributed by atoms with E-state index in [1.54, 1.807) is 25.1 Å². The molecule has 0 aliphatic carbocycles. The molecule has 1 saturated heterocycles. The van der Waals surface area contributed by atoms with Crippen LogP contribution in [0.1, 0.15) is 22.8 Å². The number of thioether (sulfide) groups is 2. The number of amides is 2. The Morgan fingerprint density at radius 1 is 1.23 bits per heavy atom. The van der Waals surface area contributed by atoms with E-state index in [0.717, 1.165) is 5.56 Å². The summed E-state index contributed by atoms with van der Waals surface area (Å²) < 4.78 is 5.62. The lowest BCUT2D eigenvalue weighted by molar-refractivity contribution is -0.150. The number of esters is 1. The fraction of sp³-hybridized carbons (Fsp3) is 0.250. The Kier molecular flexibility index (Phi) is 7.88. The van der Waals surface area contributed by atoms with Gasteiger partial charge in [-0.1, -0.05) is 42.1 Å².